The topological polar surface area (TPSA) is 84.6 Å². The molecule has 0 saturated carbocycles. The monoisotopic (exact) mass is 480 g/mol. The first-order valence-corrected chi connectivity index (χ1v) is 11.3. The van der Waals surface area contributed by atoms with Crippen LogP contribution in [0.15, 0.2) is 61.1 Å². The van der Waals surface area contributed by atoms with Gasteiger partial charge in [0, 0.05) is 36.5 Å². The molecule has 0 radical (unpaired) electrons. The van der Waals surface area contributed by atoms with Gasteiger partial charge in [0.05, 0.1) is 6.20 Å². The number of carbonyl (C=O) groups is 1. The lowest BCUT2D eigenvalue weighted by Crippen LogP contribution is -2.46. The number of aromatic nitrogens is 4. The molecule has 34 heavy (non-hydrogen) atoms. The van der Waals surface area contributed by atoms with E-state index in [1.54, 1.807) is 58.1 Å². The zero-order valence-electron chi connectivity index (χ0n) is 18.2. The Hall–Kier alpha value is -3.72. The molecule has 1 fully saturated rings. The third kappa shape index (κ3) is 4.94. The Morgan fingerprint density at radius 3 is 3.03 bits per heavy atom. The van der Waals surface area contributed by atoms with E-state index < -0.39 is 0 Å². The minimum absolute atomic E-state index is 0.0336. The Morgan fingerprint density at radius 2 is 2.15 bits per heavy atom. The molecule has 174 valence electrons. The fourth-order valence-electron chi connectivity index (χ4n) is 4.01. The maximum Gasteiger partial charge on any atom is 0.260 e. The molecule has 1 aromatic carbocycles. The van der Waals surface area contributed by atoms with Gasteiger partial charge in [-0.15, -0.1) is 0 Å². The summed E-state index contributed by atoms with van der Waals surface area (Å²) in [6.45, 7) is 1.17. The molecular formula is C24H22ClFN6O2. The number of imidazole rings is 1. The number of nitrogens with one attached hydrogen (secondary N) is 1. The molecule has 0 spiro atoms. The van der Waals surface area contributed by atoms with E-state index in [1.165, 1.54) is 12.3 Å². The molecule has 5 rings (SSSR count). The quantitative estimate of drug-likeness (QED) is 0.448. The number of ether oxygens (including phenoxy) is 1. The SMILES string of the molecule is O=C(COc1cccc(Cl)c1)N1CCC[C@@H](Nc2ccnc(-c3cnc4ccc(F)cn34)n2)C1. The average molecular weight is 481 g/mol. The molecule has 4 aromatic rings. The lowest BCUT2D eigenvalue weighted by Gasteiger charge is -2.33. The number of benzene rings is 1. The zero-order chi connectivity index (χ0) is 23.5. The van der Waals surface area contributed by atoms with Crippen LogP contribution in [0.4, 0.5) is 10.2 Å². The number of halogens is 2. The molecule has 1 saturated heterocycles. The Morgan fingerprint density at radius 1 is 1.24 bits per heavy atom. The van der Waals surface area contributed by atoms with Gasteiger partial charge in [-0.05, 0) is 49.2 Å². The maximum atomic E-state index is 13.7. The van der Waals surface area contributed by atoms with Gasteiger partial charge in [-0.2, -0.15) is 0 Å². The van der Waals surface area contributed by atoms with Gasteiger partial charge in [0.1, 0.15) is 28.7 Å². The molecule has 1 aliphatic rings. The molecule has 0 aliphatic carbocycles. The third-order valence-electron chi connectivity index (χ3n) is 5.64. The number of likely N-dealkylation sites (tertiary alicyclic amines) is 1. The summed E-state index contributed by atoms with van der Waals surface area (Å²) in [5.74, 6) is 1.18. The van der Waals surface area contributed by atoms with Gasteiger partial charge in [-0.1, -0.05) is 17.7 Å². The average Bonchev–Trinajstić information content (AvgIpc) is 3.26. The normalized spacial score (nSPS) is 15.9. The van der Waals surface area contributed by atoms with Crippen LogP contribution in [-0.2, 0) is 4.79 Å². The minimum atomic E-state index is -0.368. The van der Waals surface area contributed by atoms with Gasteiger partial charge < -0.3 is 15.0 Å². The fraction of sp³-hybridized carbons (Fsp3) is 0.250. The summed E-state index contributed by atoms with van der Waals surface area (Å²) < 4.78 is 20.9. The van der Waals surface area contributed by atoms with Gasteiger partial charge >= 0.3 is 0 Å². The van der Waals surface area contributed by atoms with Crippen molar-refractivity contribution in [1.29, 1.82) is 0 Å². The van der Waals surface area contributed by atoms with Gasteiger partial charge in [0.2, 0.25) is 0 Å². The molecule has 1 amide bonds. The van der Waals surface area contributed by atoms with Gasteiger partial charge in [0.25, 0.3) is 5.91 Å². The summed E-state index contributed by atoms with van der Waals surface area (Å²) in [5, 5.41) is 3.96. The van der Waals surface area contributed by atoms with Crippen LogP contribution in [0.1, 0.15) is 12.8 Å². The van der Waals surface area contributed by atoms with Crippen molar-refractivity contribution in [2.75, 3.05) is 25.0 Å². The number of anilines is 1. The van der Waals surface area contributed by atoms with Crippen LogP contribution in [0.5, 0.6) is 5.75 Å². The van der Waals surface area contributed by atoms with E-state index in [2.05, 4.69) is 20.3 Å². The molecule has 3 aromatic heterocycles. The van der Waals surface area contributed by atoms with Crippen LogP contribution in [0.2, 0.25) is 5.02 Å². The maximum absolute atomic E-state index is 13.7. The summed E-state index contributed by atoms with van der Waals surface area (Å²) in [6, 6.07) is 11.8. The van der Waals surface area contributed by atoms with E-state index in [9.17, 15) is 9.18 Å². The number of pyridine rings is 1. The number of nitrogens with zero attached hydrogens (tertiary/aromatic N) is 5. The van der Waals surface area contributed by atoms with Crippen molar-refractivity contribution in [2.24, 2.45) is 0 Å². The smallest absolute Gasteiger partial charge is 0.260 e. The summed E-state index contributed by atoms with van der Waals surface area (Å²) >= 11 is 5.97. The van der Waals surface area contributed by atoms with E-state index in [-0.39, 0.29) is 24.4 Å². The van der Waals surface area contributed by atoms with Crippen molar-refractivity contribution in [1.82, 2.24) is 24.3 Å². The van der Waals surface area contributed by atoms with Crippen LogP contribution >= 0.6 is 11.6 Å². The highest BCUT2D eigenvalue weighted by atomic mass is 35.5. The summed E-state index contributed by atoms with van der Waals surface area (Å²) in [7, 11) is 0. The summed E-state index contributed by atoms with van der Waals surface area (Å²) in [5.41, 5.74) is 1.21. The van der Waals surface area contributed by atoms with Crippen molar-refractivity contribution in [3.8, 4) is 17.3 Å². The fourth-order valence-corrected chi connectivity index (χ4v) is 4.19. The molecular weight excluding hydrogens is 459 g/mol. The van der Waals surface area contributed by atoms with Crippen LogP contribution in [0, 0.1) is 5.82 Å². The van der Waals surface area contributed by atoms with Crippen LogP contribution in [0.3, 0.4) is 0 Å². The number of hydrogen-bond acceptors (Lipinski definition) is 6. The number of piperidine rings is 1. The first-order valence-electron chi connectivity index (χ1n) is 10.9. The first-order chi connectivity index (χ1) is 16.5. The highest BCUT2D eigenvalue weighted by molar-refractivity contribution is 6.30. The Balaban J connectivity index is 1.24. The highest BCUT2D eigenvalue weighted by Gasteiger charge is 2.24. The predicted octanol–water partition coefficient (Wildman–Crippen LogP) is 4.07. The van der Waals surface area contributed by atoms with Crippen molar-refractivity contribution >= 4 is 29.0 Å². The highest BCUT2D eigenvalue weighted by Crippen LogP contribution is 2.21. The first kappa shape index (κ1) is 22.1. The third-order valence-corrected chi connectivity index (χ3v) is 5.87. The number of carbonyl (C=O) groups excluding carboxylic acids is 1. The Bertz CT molecular complexity index is 1330. The second kappa shape index (κ2) is 9.64. The van der Waals surface area contributed by atoms with E-state index in [0.717, 1.165) is 12.8 Å². The van der Waals surface area contributed by atoms with E-state index in [0.29, 0.717) is 46.8 Å². The van der Waals surface area contributed by atoms with Crippen molar-refractivity contribution in [3.05, 3.63) is 71.9 Å². The van der Waals surface area contributed by atoms with Crippen LogP contribution < -0.4 is 10.1 Å². The number of fused-ring (bicyclic) bond motifs is 1. The number of hydrogen-bond donors (Lipinski definition) is 1. The van der Waals surface area contributed by atoms with Crippen LogP contribution in [0.25, 0.3) is 17.2 Å². The Labute approximate surface area is 200 Å². The molecule has 4 heterocycles. The van der Waals surface area contributed by atoms with E-state index in [1.807, 2.05) is 0 Å². The van der Waals surface area contributed by atoms with Crippen LogP contribution in [-0.4, -0.2) is 55.9 Å². The molecule has 10 heteroatoms. The summed E-state index contributed by atoms with van der Waals surface area (Å²) in [6.07, 6.45) is 6.39. The van der Waals surface area contributed by atoms with Crippen molar-refractivity contribution < 1.29 is 13.9 Å². The summed E-state index contributed by atoms with van der Waals surface area (Å²) in [4.78, 5) is 27.7. The molecule has 1 atom stereocenters. The number of rotatable bonds is 6. The van der Waals surface area contributed by atoms with Gasteiger partial charge in [0.15, 0.2) is 12.4 Å². The lowest BCUT2D eigenvalue weighted by molar-refractivity contribution is -0.134. The van der Waals surface area contributed by atoms with Crippen molar-refractivity contribution in [3.63, 3.8) is 0 Å². The van der Waals surface area contributed by atoms with E-state index >= 15 is 0 Å². The largest absolute Gasteiger partial charge is 0.484 e. The van der Waals surface area contributed by atoms with E-state index in [4.69, 9.17) is 16.3 Å². The molecule has 0 unspecified atom stereocenters. The second-order valence-electron chi connectivity index (χ2n) is 8.05. The molecule has 1 N–H and O–H groups in total. The number of amides is 1. The molecule has 1 aliphatic heterocycles. The standard InChI is InChI=1S/C24H22ClFN6O2/c25-16-3-1-5-19(11-16)34-15-23(33)31-10-2-4-18(14-31)29-21-8-9-27-24(30-21)20-12-28-22-7-6-17(26)13-32(20)22/h1,3,5-9,11-13,18H,2,4,10,14-15H2,(H,27,29,30)/t18-/m1/s1. The minimum Gasteiger partial charge on any atom is -0.484 e. The zero-order valence-corrected chi connectivity index (χ0v) is 19.0. The lowest BCUT2D eigenvalue weighted by atomic mass is 10.1. The van der Waals surface area contributed by atoms with Gasteiger partial charge in [-0.3, -0.25) is 9.20 Å². The predicted molar refractivity (Wildman–Crippen MR) is 126 cm³/mol. The molecule has 0 bridgehead atoms. The Kier molecular flexibility index (Phi) is 6.27. The van der Waals surface area contributed by atoms with Gasteiger partial charge in [-0.25, -0.2) is 19.3 Å². The molecule has 8 nitrogen and oxygen atoms in total. The van der Waals surface area contributed by atoms with Crippen molar-refractivity contribution in [2.45, 2.75) is 18.9 Å². The second-order valence-corrected chi connectivity index (χ2v) is 8.49.